The van der Waals surface area contributed by atoms with Crippen LogP contribution in [0.5, 0.6) is 0 Å². The largest absolute Gasteiger partial charge is 0.392 e. The average molecular weight is 169 g/mol. The van der Waals surface area contributed by atoms with E-state index < -0.39 is 0 Å². The van der Waals surface area contributed by atoms with Crippen molar-refractivity contribution in [3.63, 3.8) is 0 Å². The minimum Gasteiger partial charge on any atom is -0.392 e. The molecule has 68 valence electrons. The Bertz CT molecular complexity index is 193. The third-order valence-corrected chi connectivity index (χ3v) is 2.91. The van der Waals surface area contributed by atoms with Gasteiger partial charge in [0.05, 0.1) is 12.1 Å². The lowest BCUT2D eigenvalue weighted by Gasteiger charge is -2.21. The first kappa shape index (κ1) is 8.20. The number of carbonyl (C=O) groups excluding carboxylic acids is 1. The molecule has 1 aliphatic heterocycles. The molecule has 0 spiro atoms. The summed E-state index contributed by atoms with van der Waals surface area (Å²) in [4.78, 5) is 13.5. The molecule has 0 aromatic carbocycles. The van der Waals surface area contributed by atoms with E-state index in [1.807, 2.05) is 0 Å². The molecule has 2 rings (SSSR count). The van der Waals surface area contributed by atoms with Gasteiger partial charge < -0.3 is 5.11 Å². The van der Waals surface area contributed by atoms with Gasteiger partial charge in [-0.25, -0.2) is 0 Å². The summed E-state index contributed by atoms with van der Waals surface area (Å²) in [6.07, 6.45) is 3.43. The smallest absolute Gasteiger partial charge is 0.149 e. The summed E-state index contributed by atoms with van der Waals surface area (Å²) in [5.41, 5.74) is 0. The standard InChI is InChI=1S/C9H15NO2/c11-7-4-5-10(6-7)8-2-1-3-9(8)12/h7-8,11H,1-6H2. The number of hydrogen-bond donors (Lipinski definition) is 1. The van der Waals surface area contributed by atoms with Crippen molar-refractivity contribution < 1.29 is 9.90 Å². The Labute approximate surface area is 72.4 Å². The van der Waals surface area contributed by atoms with Gasteiger partial charge in [-0.05, 0) is 19.3 Å². The number of carbonyl (C=O) groups is 1. The normalized spacial score (nSPS) is 37.9. The number of aliphatic hydroxyl groups excluding tert-OH is 1. The molecule has 2 unspecified atom stereocenters. The number of Topliss-reactive ketones (excluding diaryl/α,β-unsaturated/α-hetero) is 1. The summed E-state index contributed by atoms with van der Waals surface area (Å²) in [5, 5.41) is 9.29. The topological polar surface area (TPSA) is 40.5 Å². The van der Waals surface area contributed by atoms with Crippen molar-refractivity contribution in [2.75, 3.05) is 13.1 Å². The molecule has 2 fully saturated rings. The second-order valence-electron chi connectivity index (χ2n) is 3.81. The highest BCUT2D eigenvalue weighted by molar-refractivity contribution is 5.85. The van der Waals surface area contributed by atoms with Crippen molar-refractivity contribution in [1.29, 1.82) is 0 Å². The molecule has 0 aromatic rings. The van der Waals surface area contributed by atoms with Crippen molar-refractivity contribution in [1.82, 2.24) is 4.90 Å². The van der Waals surface area contributed by atoms with Crippen molar-refractivity contribution in [2.24, 2.45) is 0 Å². The maximum Gasteiger partial charge on any atom is 0.149 e. The van der Waals surface area contributed by atoms with Crippen molar-refractivity contribution in [3.05, 3.63) is 0 Å². The van der Waals surface area contributed by atoms with E-state index in [2.05, 4.69) is 4.90 Å². The molecule has 0 amide bonds. The first-order valence-electron chi connectivity index (χ1n) is 4.72. The highest BCUT2D eigenvalue weighted by atomic mass is 16.3. The first-order valence-corrected chi connectivity index (χ1v) is 4.72. The summed E-state index contributed by atoms with van der Waals surface area (Å²) < 4.78 is 0. The maximum atomic E-state index is 11.3. The van der Waals surface area contributed by atoms with Gasteiger partial charge in [0.25, 0.3) is 0 Å². The number of β-amino-alcohol motifs (C(OH)–C–C–N with tert-alkyl or cyclic N) is 1. The molecule has 2 aliphatic rings. The summed E-state index contributed by atoms with van der Waals surface area (Å²) in [5.74, 6) is 0.379. The van der Waals surface area contributed by atoms with Gasteiger partial charge in [0, 0.05) is 19.5 Å². The van der Waals surface area contributed by atoms with Crippen LogP contribution in [0.1, 0.15) is 25.7 Å². The fourth-order valence-electron chi connectivity index (χ4n) is 2.23. The molecule has 2 atom stereocenters. The van der Waals surface area contributed by atoms with Crippen LogP contribution in [0.3, 0.4) is 0 Å². The zero-order valence-corrected chi connectivity index (χ0v) is 7.20. The van der Waals surface area contributed by atoms with Crippen LogP contribution in [-0.4, -0.2) is 41.0 Å². The molecule has 0 aromatic heterocycles. The van der Waals surface area contributed by atoms with Gasteiger partial charge in [0.1, 0.15) is 5.78 Å². The molecule has 1 heterocycles. The molecule has 0 bridgehead atoms. The van der Waals surface area contributed by atoms with E-state index in [0.717, 1.165) is 32.2 Å². The lowest BCUT2D eigenvalue weighted by Crippen LogP contribution is -2.36. The van der Waals surface area contributed by atoms with Crippen LogP contribution < -0.4 is 0 Å². The van der Waals surface area contributed by atoms with Crippen LogP contribution in [0.25, 0.3) is 0 Å². The quantitative estimate of drug-likeness (QED) is 0.608. The summed E-state index contributed by atoms with van der Waals surface area (Å²) >= 11 is 0. The highest BCUT2D eigenvalue weighted by Gasteiger charge is 2.33. The molecular formula is C9H15NO2. The molecule has 1 saturated carbocycles. The molecule has 12 heavy (non-hydrogen) atoms. The van der Waals surface area contributed by atoms with Gasteiger partial charge >= 0.3 is 0 Å². The Morgan fingerprint density at radius 1 is 1.42 bits per heavy atom. The predicted octanol–water partition coefficient (Wildman–Crippen LogP) is 0.175. The van der Waals surface area contributed by atoms with Gasteiger partial charge in [0.2, 0.25) is 0 Å². The van der Waals surface area contributed by atoms with E-state index in [9.17, 15) is 9.90 Å². The summed E-state index contributed by atoms with van der Waals surface area (Å²) in [7, 11) is 0. The average Bonchev–Trinajstić information content (AvgIpc) is 2.58. The zero-order chi connectivity index (χ0) is 8.55. The number of hydrogen-bond acceptors (Lipinski definition) is 3. The van der Waals surface area contributed by atoms with E-state index in [1.165, 1.54) is 0 Å². The number of rotatable bonds is 1. The van der Waals surface area contributed by atoms with Crippen molar-refractivity contribution in [2.45, 2.75) is 37.8 Å². The second kappa shape index (κ2) is 3.15. The maximum absolute atomic E-state index is 11.3. The lowest BCUT2D eigenvalue weighted by atomic mass is 10.2. The Morgan fingerprint density at radius 3 is 2.75 bits per heavy atom. The summed E-state index contributed by atoms with van der Waals surface area (Å²) in [6.45, 7) is 1.61. The molecule has 1 N–H and O–H groups in total. The molecule has 1 saturated heterocycles. The first-order chi connectivity index (χ1) is 5.77. The third kappa shape index (κ3) is 1.39. The molecule has 1 aliphatic carbocycles. The predicted molar refractivity (Wildman–Crippen MR) is 44.8 cm³/mol. The Morgan fingerprint density at radius 2 is 2.25 bits per heavy atom. The third-order valence-electron chi connectivity index (χ3n) is 2.91. The van der Waals surface area contributed by atoms with E-state index in [-0.39, 0.29) is 12.1 Å². The van der Waals surface area contributed by atoms with Crippen LogP contribution in [0.4, 0.5) is 0 Å². The number of aliphatic hydroxyl groups is 1. The zero-order valence-electron chi connectivity index (χ0n) is 7.20. The van der Waals surface area contributed by atoms with Gasteiger partial charge in [-0.3, -0.25) is 9.69 Å². The van der Waals surface area contributed by atoms with E-state index in [1.54, 1.807) is 0 Å². The lowest BCUT2D eigenvalue weighted by molar-refractivity contribution is -0.121. The van der Waals surface area contributed by atoms with E-state index in [4.69, 9.17) is 0 Å². The highest BCUT2D eigenvalue weighted by Crippen LogP contribution is 2.23. The van der Waals surface area contributed by atoms with Crippen LogP contribution in [0.2, 0.25) is 0 Å². The molecule has 0 radical (unpaired) electrons. The SMILES string of the molecule is O=C1CCCC1N1CCC(O)C1. The fourth-order valence-corrected chi connectivity index (χ4v) is 2.23. The second-order valence-corrected chi connectivity index (χ2v) is 3.81. The van der Waals surface area contributed by atoms with Crippen LogP contribution in [-0.2, 0) is 4.79 Å². The van der Waals surface area contributed by atoms with Crippen LogP contribution in [0, 0.1) is 0 Å². The summed E-state index contributed by atoms with van der Waals surface area (Å²) in [6, 6.07) is 0.141. The number of likely N-dealkylation sites (tertiary alicyclic amines) is 1. The minimum atomic E-state index is -0.196. The fraction of sp³-hybridized carbons (Fsp3) is 0.889. The Kier molecular flexibility index (Phi) is 2.15. The number of ketones is 1. The molecule has 3 nitrogen and oxygen atoms in total. The van der Waals surface area contributed by atoms with Crippen molar-refractivity contribution >= 4 is 5.78 Å². The molecular weight excluding hydrogens is 154 g/mol. The van der Waals surface area contributed by atoms with Gasteiger partial charge in [-0.1, -0.05) is 0 Å². The van der Waals surface area contributed by atoms with Crippen LogP contribution >= 0.6 is 0 Å². The van der Waals surface area contributed by atoms with Gasteiger partial charge in [-0.2, -0.15) is 0 Å². The van der Waals surface area contributed by atoms with E-state index in [0.29, 0.717) is 12.3 Å². The van der Waals surface area contributed by atoms with Gasteiger partial charge in [0.15, 0.2) is 0 Å². The monoisotopic (exact) mass is 169 g/mol. The Hall–Kier alpha value is -0.410. The van der Waals surface area contributed by atoms with E-state index >= 15 is 0 Å². The van der Waals surface area contributed by atoms with Gasteiger partial charge in [-0.15, -0.1) is 0 Å². The van der Waals surface area contributed by atoms with Crippen molar-refractivity contribution in [3.8, 4) is 0 Å². The van der Waals surface area contributed by atoms with Crippen LogP contribution in [0.15, 0.2) is 0 Å². The Balaban J connectivity index is 1.96. The molecule has 3 heteroatoms. The number of nitrogens with zero attached hydrogens (tertiary/aromatic N) is 1. The minimum absolute atomic E-state index is 0.141.